The quantitative estimate of drug-likeness (QED) is 0.279. The number of hydrogen-bond acceptors (Lipinski definition) is 7. The van der Waals surface area contributed by atoms with Gasteiger partial charge in [0.1, 0.15) is 22.8 Å². The molecule has 10 nitrogen and oxygen atoms in total. The summed E-state index contributed by atoms with van der Waals surface area (Å²) in [5.74, 6) is -0.287. The predicted octanol–water partition coefficient (Wildman–Crippen LogP) is 5.14. The lowest BCUT2D eigenvalue weighted by atomic mass is 10.1. The summed E-state index contributed by atoms with van der Waals surface area (Å²) in [7, 11) is 0. The first kappa shape index (κ1) is 26.3. The van der Waals surface area contributed by atoms with Gasteiger partial charge in [-0.25, -0.2) is 32.8 Å². The first-order valence-electron chi connectivity index (χ1n) is 13.4. The van der Waals surface area contributed by atoms with Gasteiger partial charge in [0.25, 0.3) is 12.3 Å². The number of halogens is 3. The molecule has 0 saturated heterocycles. The molecule has 1 atom stereocenters. The highest BCUT2D eigenvalue weighted by Gasteiger charge is 2.27. The summed E-state index contributed by atoms with van der Waals surface area (Å²) in [6.45, 7) is 0. The summed E-state index contributed by atoms with van der Waals surface area (Å²) in [4.78, 5) is 30.3. The fourth-order valence-corrected chi connectivity index (χ4v) is 5.37. The smallest absolute Gasteiger partial charge is 0.280 e. The van der Waals surface area contributed by atoms with Crippen LogP contribution in [-0.4, -0.2) is 40.2 Å². The standard InChI is InChI=1S/C30H22F3N9O/c31-21-14-24(26(32)33)36-15-20(21)30(43)39-22-7-4-16-13-17(5-6-18(16)22)42-28(19-3-1-10-35-27(19)34)38-23-8-9-25(40-29(23)42)41-12-2-11-37-41/h1-3,5-6,8-15,22,26H,4,7H2,(H2,34,35)(H,39,43)/t22-/m0/s1. The molecule has 0 unspecified atom stereocenters. The first-order chi connectivity index (χ1) is 20.9. The Kier molecular flexibility index (Phi) is 6.34. The maximum atomic E-state index is 14.4. The Morgan fingerprint density at radius 3 is 2.70 bits per heavy atom. The molecule has 0 spiro atoms. The Hall–Kier alpha value is -5.59. The van der Waals surface area contributed by atoms with Crippen LogP contribution >= 0.6 is 0 Å². The number of alkyl halides is 2. The molecule has 43 heavy (non-hydrogen) atoms. The largest absolute Gasteiger partial charge is 0.383 e. The number of fused-ring (bicyclic) bond motifs is 2. The van der Waals surface area contributed by atoms with Crippen molar-refractivity contribution in [2.75, 3.05) is 5.73 Å². The van der Waals surface area contributed by atoms with Crippen molar-refractivity contribution in [1.82, 2.24) is 39.6 Å². The number of carbonyl (C=O) groups is 1. The van der Waals surface area contributed by atoms with E-state index in [-0.39, 0.29) is 0 Å². The van der Waals surface area contributed by atoms with Crippen LogP contribution < -0.4 is 11.1 Å². The third kappa shape index (κ3) is 4.64. The van der Waals surface area contributed by atoms with Crippen LogP contribution in [0.15, 0.2) is 79.4 Å². The lowest BCUT2D eigenvalue weighted by Gasteiger charge is -2.16. The van der Waals surface area contributed by atoms with Crippen molar-refractivity contribution in [3.8, 4) is 22.9 Å². The molecule has 214 valence electrons. The average molecular weight is 582 g/mol. The minimum Gasteiger partial charge on any atom is -0.383 e. The van der Waals surface area contributed by atoms with E-state index < -0.39 is 35.4 Å². The zero-order valence-electron chi connectivity index (χ0n) is 22.3. The Bertz CT molecular complexity index is 2010. The van der Waals surface area contributed by atoms with E-state index in [4.69, 9.17) is 15.7 Å². The zero-order chi connectivity index (χ0) is 29.7. The Balaban J connectivity index is 1.27. The fraction of sp³-hybridized carbons (Fsp3) is 0.133. The molecule has 5 heterocycles. The summed E-state index contributed by atoms with van der Waals surface area (Å²) in [5, 5.41) is 7.11. The van der Waals surface area contributed by atoms with Crippen LogP contribution in [0.5, 0.6) is 0 Å². The van der Waals surface area contributed by atoms with Gasteiger partial charge in [-0.1, -0.05) is 6.07 Å². The Morgan fingerprint density at radius 1 is 1.05 bits per heavy atom. The Morgan fingerprint density at radius 2 is 1.93 bits per heavy atom. The van der Waals surface area contributed by atoms with E-state index in [0.29, 0.717) is 53.1 Å². The summed E-state index contributed by atoms with van der Waals surface area (Å²) in [6.07, 6.45) is 4.20. The number of aryl methyl sites for hydroxylation is 1. The van der Waals surface area contributed by atoms with Crippen LogP contribution in [0.1, 0.15) is 46.1 Å². The highest BCUT2D eigenvalue weighted by molar-refractivity contribution is 5.94. The number of imidazole rings is 1. The number of hydrogen-bond donors (Lipinski definition) is 2. The topological polar surface area (TPSA) is 129 Å². The molecule has 0 fully saturated rings. The van der Waals surface area contributed by atoms with Gasteiger partial charge < -0.3 is 11.1 Å². The van der Waals surface area contributed by atoms with Crippen LogP contribution in [-0.2, 0) is 6.42 Å². The third-order valence-electron chi connectivity index (χ3n) is 7.42. The van der Waals surface area contributed by atoms with Crippen molar-refractivity contribution < 1.29 is 18.0 Å². The second-order valence-electron chi connectivity index (χ2n) is 10.0. The highest BCUT2D eigenvalue weighted by Crippen LogP contribution is 2.36. The predicted molar refractivity (Wildman–Crippen MR) is 151 cm³/mol. The molecule has 1 aliphatic carbocycles. The van der Waals surface area contributed by atoms with E-state index in [1.54, 1.807) is 29.3 Å². The van der Waals surface area contributed by atoms with Gasteiger partial charge in [0.05, 0.1) is 17.2 Å². The van der Waals surface area contributed by atoms with Gasteiger partial charge >= 0.3 is 0 Å². The molecule has 5 aromatic heterocycles. The number of nitrogens with two attached hydrogens (primary N) is 1. The summed E-state index contributed by atoms with van der Waals surface area (Å²) in [5.41, 5.74) is 9.63. The van der Waals surface area contributed by atoms with Gasteiger partial charge in [0, 0.05) is 36.5 Å². The first-order valence-corrected chi connectivity index (χ1v) is 13.4. The second kappa shape index (κ2) is 10.4. The summed E-state index contributed by atoms with van der Waals surface area (Å²) in [6, 6.07) is 15.1. The molecule has 3 N–H and O–H groups in total. The lowest BCUT2D eigenvalue weighted by Crippen LogP contribution is -2.28. The maximum absolute atomic E-state index is 14.4. The molecule has 7 rings (SSSR count). The number of nitrogen functional groups attached to an aromatic ring is 1. The summed E-state index contributed by atoms with van der Waals surface area (Å²) < 4.78 is 43.7. The molecule has 0 aliphatic heterocycles. The Labute approximate surface area is 242 Å². The van der Waals surface area contributed by atoms with E-state index in [9.17, 15) is 18.0 Å². The van der Waals surface area contributed by atoms with Gasteiger partial charge in [-0.3, -0.25) is 14.3 Å². The molecule has 1 aliphatic rings. The van der Waals surface area contributed by atoms with Crippen molar-refractivity contribution in [2.45, 2.75) is 25.3 Å². The molecule has 6 aromatic rings. The zero-order valence-corrected chi connectivity index (χ0v) is 22.3. The van der Waals surface area contributed by atoms with Crippen LogP contribution in [0, 0.1) is 5.82 Å². The minimum absolute atomic E-state index is 0.318. The van der Waals surface area contributed by atoms with E-state index in [1.807, 2.05) is 47.0 Å². The van der Waals surface area contributed by atoms with Crippen molar-refractivity contribution in [3.05, 3.63) is 108 Å². The number of nitrogens with zero attached hydrogens (tertiary/aromatic N) is 7. The molecule has 1 aromatic carbocycles. The fourth-order valence-electron chi connectivity index (χ4n) is 5.37. The molecule has 13 heteroatoms. The highest BCUT2D eigenvalue weighted by atomic mass is 19.3. The number of pyridine rings is 3. The minimum atomic E-state index is -2.93. The summed E-state index contributed by atoms with van der Waals surface area (Å²) >= 11 is 0. The normalized spacial score (nSPS) is 14.4. The van der Waals surface area contributed by atoms with Gasteiger partial charge in [0.2, 0.25) is 0 Å². The SMILES string of the molecule is Nc1ncccc1-c1nc2ccc(-n3cccn3)nc2n1-c1ccc2c(c1)CC[C@@H]2NC(=O)c1cnc(C(F)F)cc1F. The molecule has 0 radical (unpaired) electrons. The third-order valence-corrected chi connectivity index (χ3v) is 7.42. The van der Waals surface area contributed by atoms with Crippen molar-refractivity contribution in [3.63, 3.8) is 0 Å². The number of aromatic nitrogens is 7. The van der Waals surface area contributed by atoms with E-state index in [0.717, 1.165) is 23.0 Å². The molecule has 0 bridgehead atoms. The number of benzene rings is 1. The van der Waals surface area contributed by atoms with Crippen LogP contribution in [0.4, 0.5) is 19.0 Å². The van der Waals surface area contributed by atoms with Gasteiger partial charge in [-0.05, 0) is 66.4 Å². The van der Waals surface area contributed by atoms with E-state index >= 15 is 0 Å². The van der Waals surface area contributed by atoms with Crippen molar-refractivity contribution in [1.29, 1.82) is 0 Å². The monoisotopic (exact) mass is 581 g/mol. The average Bonchev–Trinajstić information content (AvgIpc) is 3.76. The van der Waals surface area contributed by atoms with Gasteiger partial charge in [0.15, 0.2) is 17.3 Å². The van der Waals surface area contributed by atoms with Crippen LogP contribution in [0.3, 0.4) is 0 Å². The van der Waals surface area contributed by atoms with Crippen LogP contribution in [0.2, 0.25) is 0 Å². The van der Waals surface area contributed by atoms with E-state index in [2.05, 4.69) is 20.4 Å². The van der Waals surface area contributed by atoms with Crippen LogP contribution in [0.25, 0.3) is 34.1 Å². The van der Waals surface area contributed by atoms with Gasteiger partial charge in [-0.2, -0.15) is 5.10 Å². The second-order valence-corrected chi connectivity index (χ2v) is 10.0. The van der Waals surface area contributed by atoms with Crippen molar-refractivity contribution >= 4 is 22.9 Å². The number of nitrogens with one attached hydrogen (secondary N) is 1. The lowest BCUT2D eigenvalue weighted by molar-refractivity contribution is 0.0931. The van der Waals surface area contributed by atoms with Gasteiger partial charge in [-0.15, -0.1) is 0 Å². The van der Waals surface area contributed by atoms with Crippen molar-refractivity contribution in [2.24, 2.45) is 0 Å². The maximum Gasteiger partial charge on any atom is 0.280 e. The van der Waals surface area contributed by atoms with E-state index in [1.165, 1.54) is 0 Å². The molecular formula is C30H22F3N9O. The molecule has 0 saturated carbocycles. The molecular weight excluding hydrogens is 559 g/mol. The number of carbonyl (C=O) groups excluding carboxylic acids is 1. The molecule has 1 amide bonds. The number of rotatable bonds is 6. The number of anilines is 1. The number of amides is 1.